The molecule has 0 bridgehead atoms. The van der Waals surface area contributed by atoms with E-state index >= 15 is 0 Å². The van der Waals surface area contributed by atoms with Gasteiger partial charge in [-0.2, -0.15) is 0 Å². The van der Waals surface area contributed by atoms with Crippen LogP contribution in [0, 0.1) is 0 Å². The van der Waals surface area contributed by atoms with Crippen molar-refractivity contribution in [3.8, 4) is 11.5 Å². The van der Waals surface area contributed by atoms with E-state index in [1.807, 2.05) is 0 Å². The molecule has 1 aromatic carbocycles. The van der Waals surface area contributed by atoms with Crippen LogP contribution in [-0.2, 0) is 25.5 Å². The van der Waals surface area contributed by atoms with E-state index < -0.39 is 12.2 Å². The number of phenolic OH excluding ortho intramolecular Hbond substituents is 1. The van der Waals surface area contributed by atoms with Crippen molar-refractivity contribution in [2.75, 3.05) is 7.11 Å². The van der Waals surface area contributed by atoms with Gasteiger partial charge in [-0.3, -0.25) is 9.59 Å². The number of methoxy groups -OCH3 is 1. The number of benzene rings is 1. The van der Waals surface area contributed by atoms with Crippen molar-refractivity contribution in [1.82, 2.24) is 0 Å². The average Bonchev–Trinajstić information content (AvgIpc) is 2.59. The predicted octanol–water partition coefficient (Wildman–Crippen LogP) is 3.14. The van der Waals surface area contributed by atoms with Crippen LogP contribution in [0.4, 0.5) is 0 Å². The van der Waals surface area contributed by atoms with Crippen molar-refractivity contribution < 1.29 is 34.0 Å². The Morgan fingerprint density at radius 2 is 1.64 bits per heavy atom. The van der Waals surface area contributed by atoms with E-state index in [9.17, 15) is 19.8 Å². The maximum atomic E-state index is 11.5. The molecule has 7 heteroatoms. The highest BCUT2D eigenvalue weighted by Gasteiger charge is 2.21. The number of carbonyl (C=O) groups excluding carboxylic acids is 2. The Morgan fingerprint density at radius 1 is 1.04 bits per heavy atom. The SMILES string of the molecule is COc1cc(CC[C@@H](C[C@@H](CCC[C@H](C)O)OC(C)=O)OC(C)=O)ccc1O. The number of hydrogen-bond donors (Lipinski definition) is 2. The quantitative estimate of drug-likeness (QED) is 0.523. The topological polar surface area (TPSA) is 102 Å². The van der Waals surface area contributed by atoms with E-state index in [1.165, 1.54) is 21.0 Å². The normalized spacial score (nSPS) is 14.0. The zero-order valence-corrected chi connectivity index (χ0v) is 17.1. The summed E-state index contributed by atoms with van der Waals surface area (Å²) in [7, 11) is 1.48. The lowest BCUT2D eigenvalue weighted by atomic mass is 9.99. The van der Waals surface area contributed by atoms with Crippen molar-refractivity contribution in [1.29, 1.82) is 0 Å². The van der Waals surface area contributed by atoms with E-state index in [1.54, 1.807) is 25.1 Å². The van der Waals surface area contributed by atoms with Gasteiger partial charge in [-0.25, -0.2) is 0 Å². The molecule has 7 nitrogen and oxygen atoms in total. The zero-order valence-electron chi connectivity index (χ0n) is 17.1. The molecule has 1 rings (SSSR count). The number of hydrogen-bond acceptors (Lipinski definition) is 7. The van der Waals surface area contributed by atoms with Gasteiger partial charge in [0.2, 0.25) is 0 Å². The summed E-state index contributed by atoms with van der Waals surface area (Å²) < 4.78 is 15.9. The zero-order chi connectivity index (χ0) is 21.1. The van der Waals surface area contributed by atoms with Crippen LogP contribution < -0.4 is 4.74 Å². The summed E-state index contributed by atoms with van der Waals surface area (Å²) in [5.74, 6) is -0.320. The molecule has 0 fully saturated rings. The summed E-state index contributed by atoms with van der Waals surface area (Å²) in [4.78, 5) is 22.9. The number of aliphatic hydroxyl groups excluding tert-OH is 1. The van der Waals surface area contributed by atoms with Crippen LogP contribution in [0.3, 0.4) is 0 Å². The Balaban J connectivity index is 2.74. The number of rotatable bonds is 12. The van der Waals surface area contributed by atoms with Crippen LogP contribution in [0.5, 0.6) is 11.5 Å². The van der Waals surface area contributed by atoms with Gasteiger partial charge in [0.1, 0.15) is 12.2 Å². The first-order valence-electron chi connectivity index (χ1n) is 9.59. The molecule has 0 aliphatic carbocycles. The van der Waals surface area contributed by atoms with Gasteiger partial charge in [0.15, 0.2) is 11.5 Å². The number of carbonyl (C=O) groups is 2. The summed E-state index contributed by atoms with van der Waals surface area (Å²) in [6.45, 7) is 4.42. The van der Waals surface area contributed by atoms with Crippen LogP contribution in [0.1, 0.15) is 58.4 Å². The first-order chi connectivity index (χ1) is 13.2. The maximum absolute atomic E-state index is 11.5. The number of phenols is 1. The van der Waals surface area contributed by atoms with Crippen LogP contribution in [0.25, 0.3) is 0 Å². The summed E-state index contributed by atoms with van der Waals surface area (Å²) in [5.41, 5.74) is 0.935. The molecule has 0 unspecified atom stereocenters. The highest BCUT2D eigenvalue weighted by atomic mass is 16.6. The van der Waals surface area contributed by atoms with Crippen LogP contribution in [0.15, 0.2) is 18.2 Å². The second-order valence-corrected chi connectivity index (χ2v) is 7.02. The van der Waals surface area contributed by atoms with Gasteiger partial charge in [0, 0.05) is 20.3 Å². The van der Waals surface area contributed by atoms with Crippen molar-refractivity contribution in [2.45, 2.75) is 77.6 Å². The molecule has 0 spiro atoms. The third kappa shape index (κ3) is 9.60. The van der Waals surface area contributed by atoms with Crippen LogP contribution >= 0.6 is 0 Å². The molecule has 1 aromatic rings. The molecule has 0 radical (unpaired) electrons. The lowest BCUT2D eigenvalue weighted by molar-refractivity contribution is -0.153. The number of aliphatic hydroxyl groups is 1. The van der Waals surface area contributed by atoms with E-state index in [0.29, 0.717) is 44.3 Å². The summed E-state index contributed by atoms with van der Waals surface area (Å²) in [6, 6.07) is 5.09. The maximum Gasteiger partial charge on any atom is 0.302 e. The smallest absolute Gasteiger partial charge is 0.302 e. The van der Waals surface area contributed by atoms with Crippen molar-refractivity contribution in [3.05, 3.63) is 23.8 Å². The van der Waals surface area contributed by atoms with E-state index in [2.05, 4.69) is 0 Å². The van der Waals surface area contributed by atoms with Gasteiger partial charge >= 0.3 is 11.9 Å². The fourth-order valence-electron chi connectivity index (χ4n) is 3.06. The van der Waals surface area contributed by atoms with Crippen molar-refractivity contribution in [3.63, 3.8) is 0 Å². The summed E-state index contributed by atoms with van der Waals surface area (Å²) in [6.07, 6.45) is 2.26. The molecule has 158 valence electrons. The Bertz CT molecular complexity index is 627. The predicted molar refractivity (Wildman–Crippen MR) is 104 cm³/mol. The van der Waals surface area contributed by atoms with Gasteiger partial charge in [0.25, 0.3) is 0 Å². The summed E-state index contributed by atoms with van der Waals surface area (Å²) in [5, 5.41) is 19.1. The van der Waals surface area contributed by atoms with Gasteiger partial charge in [0.05, 0.1) is 13.2 Å². The number of ether oxygens (including phenoxy) is 3. The Labute approximate surface area is 166 Å². The van der Waals surface area contributed by atoms with Crippen molar-refractivity contribution in [2.24, 2.45) is 0 Å². The highest BCUT2D eigenvalue weighted by molar-refractivity contribution is 5.66. The number of aryl methyl sites for hydroxylation is 1. The molecule has 0 saturated heterocycles. The monoisotopic (exact) mass is 396 g/mol. The van der Waals surface area contributed by atoms with Gasteiger partial charge in [-0.15, -0.1) is 0 Å². The molecular weight excluding hydrogens is 364 g/mol. The molecular formula is C21H32O7. The van der Waals surface area contributed by atoms with Crippen LogP contribution in [-0.4, -0.2) is 47.6 Å². The largest absolute Gasteiger partial charge is 0.504 e. The molecule has 0 aliphatic rings. The Hall–Kier alpha value is -2.28. The molecule has 2 N–H and O–H groups in total. The minimum atomic E-state index is -0.410. The minimum absolute atomic E-state index is 0.0656. The molecule has 0 heterocycles. The van der Waals surface area contributed by atoms with Gasteiger partial charge in [-0.1, -0.05) is 6.07 Å². The Morgan fingerprint density at radius 3 is 2.18 bits per heavy atom. The van der Waals surface area contributed by atoms with Crippen molar-refractivity contribution >= 4 is 11.9 Å². The first kappa shape index (κ1) is 23.8. The highest BCUT2D eigenvalue weighted by Crippen LogP contribution is 2.27. The second kappa shape index (κ2) is 12.2. The standard InChI is InChI=1S/C21H32O7/c1-14(22)6-5-7-18(27-15(2)23)13-19(28-16(3)24)10-8-17-9-11-20(25)21(12-17)26-4/h9,11-12,14,18-19,22,25H,5-8,10,13H2,1-4H3/t14-,18+,19-/m0/s1. The third-order valence-electron chi connectivity index (χ3n) is 4.34. The fraction of sp³-hybridized carbons (Fsp3) is 0.619. The Kier molecular flexibility index (Phi) is 10.4. The average molecular weight is 396 g/mol. The van der Waals surface area contributed by atoms with Gasteiger partial charge < -0.3 is 24.4 Å². The fourth-order valence-corrected chi connectivity index (χ4v) is 3.06. The molecule has 0 aliphatic heterocycles. The molecule has 0 saturated carbocycles. The van der Waals surface area contributed by atoms with E-state index in [-0.39, 0.29) is 23.8 Å². The van der Waals surface area contributed by atoms with Gasteiger partial charge in [-0.05, 0) is 56.7 Å². The third-order valence-corrected chi connectivity index (χ3v) is 4.34. The lowest BCUT2D eigenvalue weighted by Crippen LogP contribution is -2.27. The summed E-state index contributed by atoms with van der Waals surface area (Å²) >= 11 is 0. The lowest BCUT2D eigenvalue weighted by Gasteiger charge is -2.24. The number of aromatic hydroxyl groups is 1. The molecule has 3 atom stereocenters. The van der Waals surface area contributed by atoms with E-state index in [0.717, 1.165) is 5.56 Å². The molecule has 28 heavy (non-hydrogen) atoms. The first-order valence-corrected chi connectivity index (χ1v) is 9.59. The van der Waals surface area contributed by atoms with E-state index in [4.69, 9.17) is 14.2 Å². The number of esters is 2. The molecule has 0 aromatic heterocycles. The molecule has 0 amide bonds. The van der Waals surface area contributed by atoms with Crippen LogP contribution in [0.2, 0.25) is 0 Å². The minimum Gasteiger partial charge on any atom is -0.504 e. The second-order valence-electron chi connectivity index (χ2n) is 7.02.